The maximum Gasteiger partial charge on any atom is 0.0704 e. The van der Waals surface area contributed by atoms with Crippen LogP contribution in [0.5, 0.6) is 0 Å². The van der Waals surface area contributed by atoms with Crippen molar-refractivity contribution in [3.63, 3.8) is 0 Å². The highest BCUT2D eigenvalue weighted by Gasteiger charge is 2.21. The molecule has 4 rings (SSSR count). The van der Waals surface area contributed by atoms with E-state index in [1.807, 2.05) is 18.5 Å². The van der Waals surface area contributed by atoms with Crippen LogP contribution in [0.25, 0.3) is 21.7 Å². The summed E-state index contributed by atoms with van der Waals surface area (Å²) >= 11 is 0. The fraction of sp³-hybridized carbons (Fsp3) is 0.308. The van der Waals surface area contributed by atoms with Crippen LogP contribution in [0.1, 0.15) is 58.2 Å². The molecule has 0 aliphatic carbocycles. The summed E-state index contributed by atoms with van der Waals surface area (Å²) in [4.78, 5) is 8.87. The molecule has 2 heterocycles. The van der Waals surface area contributed by atoms with Crippen molar-refractivity contribution in [2.45, 2.75) is 52.4 Å². The molecule has 144 valence electrons. The Labute approximate surface area is 168 Å². The first-order valence-electron chi connectivity index (χ1n) is 10.1. The molecule has 0 amide bonds. The van der Waals surface area contributed by atoms with Gasteiger partial charge in [0.25, 0.3) is 0 Å². The van der Waals surface area contributed by atoms with Crippen LogP contribution in [0.3, 0.4) is 0 Å². The molecular formula is C26H30N2. The molecule has 2 heteroatoms. The standard InChI is InChI=1S/C14H17N.C12H13N/c1-4-14(2,3)13-12-8-6-5-7-11(12)9-10-15-13;1-9(2)10-5-3-7-12-11(10)6-4-8-13-12/h5-10H,4H2,1-3H3;3-9H,1-2H3. The Morgan fingerprint density at radius 3 is 2.29 bits per heavy atom. The normalized spacial score (nSPS) is 11.5. The lowest BCUT2D eigenvalue weighted by Crippen LogP contribution is -2.17. The molecule has 0 N–H and O–H groups in total. The van der Waals surface area contributed by atoms with E-state index in [1.165, 1.54) is 27.4 Å². The molecule has 0 radical (unpaired) electrons. The largest absolute Gasteiger partial charge is 0.260 e. The lowest BCUT2D eigenvalue weighted by atomic mass is 9.83. The number of aromatic nitrogens is 2. The van der Waals surface area contributed by atoms with Gasteiger partial charge in [0.1, 0.15) is 0 Å². The highest BCUT2D eigenvalue weighted by Crippen LogP contribution is 2.30. The van der Waals surface area contributed by atoms with Gasteiger partial charge in [0.2, 0.25) is 0 Å². The van der Waals surface area contributed by atoms with Crippen molar-refractivity contribution in [1.29, 1.82) is 0 Å². The number of nitrogens with zero attached hydrogens (tertiary/aromatic N) is 2. The minimum absolute atomic E-state index is 0.154. The average Bonchev–Trinajstić information content (AvgIpc) is 2.73. The maximum absolute atomic E-state index is 4.55. The fourth-order valence-corrected chi connectivity index (χ4v) is 3.46. The summed E-state index contributed by atoms with van der Waals surface area (Å²) in [6, 6.07) is 21.0. The van der Waals surface area contributed by atoms with Crippen LogP contribution in [0.4, 0.5) is 0 Å². The Morgan fingerprint density at radius 1 is 0.786 bits per heavy atom. The van der Waals surface area contributed by atoms with Crippen molar-refractivity contribution in [3.05, 3.63) is 84.3 Å². The van der Waals surface area contributed by atoms with E-state index in [0.717, 1.165) is 11.9 Å². The van der Waals surface area contributed by atoms with E-state index in [9.17, 15) is 0 Å². The van der Waals surface area contributed by atoms with Gasteiger partial charge >= 0.3 is 0 Å². The van der Waals surface area contributed by atoms with E-state index in [1.54, 1.807) is 0 Å². The van der Waals surface area contributed by atoms with E-state index in [0.29, 0.717) is 5.92 Å². The van der Waals surface area contributed by atoms with Crippen molar-refractivity contribution in [2.24, 2.45) is 0 Å². The molecule has 2 aromatic heterocycles. The monoisotopic (exact) mass is 370 g/mol. The van der Waals surface area contributed by atoms with E-state index in [4.69, 9.17) is 0 Å². The molecule has 0 saturated carbocycles. The summed E-state index contributed by atoms with van der Waals surface area (Å²) in [6.45, 7) is 11.1. The van der Waals surface area contributed by atoms with Gasteiger partial charge in [0.15, 0.2) is 0 Å². The number of fused-ring (bicyclic) bond motifs is 2. The Morgan fingerprint density at radius 2 is 1.54 bits per heavy atom. The second kappa shape index (κ2) is 8.52. The molecule has 0 saturated heterocycles. The van der Waals surface area contributed by atoms with E-state index in [2.05, 4.69) is 99.2 Å². The van der Waals surface area contributed by atoms with Crippen LogP contribution in [0.2, 0.25) is 0 Å². The number of rotatable bonds is 3. The Balaban J connectivity index is 0.000000162. The number of pyridine rings is 2. The van der Waals surface area contributed by atoms with Crippen LogP contribution >= 0.6 is 0 Å². The van der Waals surface area contributed by atoms with Gasteiger partial charge in [-0.2, -0.15) is 0 Å². The third-order valence-electron chi connectivity index (χ3n) is 5.50. The Hall–Kier alpha value is -2.74. The first-order valence-corrected chi connectivity index (χ1v) is 10.1. The summed E-state index contributed by atoms with van der Waals surface area (Å²) in [6.07, 6.45) is 4.86. The van der Waals surface area contributed by atoms with Crippen molar-refractivity contribution in [3.8, 4) is 0 Å². The lowest BCUT2D eigenvalue weighted by Gasteiger charge is -2.23. The highest BCUT2D eigenvalue weighted by molar-refractivity contribution is 5.85. The quantitative estimate of drug-likeness (QED) is 0.378. The zero-order chi connectivity index (χ0) is 20.1. The average molecular weight is 371 g/mol. The summed E-state index contributed by atoms with van der Waals surface area (Å²) in [5, 5.41) is 3.84. The van der Waals surface area contributed by atoms with E-state index in [-0.39, 0.29) is 5.41 Å². The smallest absolute Gasteiger partial charge is 0.0704 e. The van der Waals surface area contributed by atoms with Crippen LogP contribution in [0, 0.1) is 0 Å². The fourth-order valence-electron chi connectivity index (χ4n) is 3.46. The molecular weight excluding hydrogens is 340 g/mol. The van der Waals surface area contributed by atoms with E-state index >= 15 is 0 Å². The predicted molar refractivity (Wildman–Crippen MR) is 121 cm³/mol. The highest BCUT2D eigenvalue weighted by atomic mass is 14.7. The molecule has 0 spiro atoms. The second-order valence-electron chi connectivity index (χ2n) is 8.19. The molecule has 28 heavy (non-hydrogen) atoms. The zero-order valence-corrected chi connectivity index (χ0v) is 17.6. The first kappa shape index (κ1) is 20.0. The van der Waals surface area contributed by atoms with Gasteiger partial charge in [-0.15, -0.1) is 0 Å². The molecule has 4 aromatic rings. The number of hydrogen-bond acceptors (Lipinski definition) is 2. The molecule has 2 nitrogen and oxygen atoms in total. The van der Waals surface area contributed by atoms with Crippen LogP contribution in [-0.2, 0) is 5.41 Å². The molecule has 2 aromatic carbocycles. The van der Waals surface area contributed by atoms with Crippen molar-refractivity contribution < 1.29 is 0 Å². The number of benzene rings is 2. The summed E-state index contributed by atoms with van der Waals surface area (Å²) < 4.78 is 0. The third-order valence-corrected chi connectivity index (χ3v) is 5.50. The van der Waals surface area contributed by atoms with Gasteiger partial charge in [-0.25, -0.2) is 0 Å². The Kier molecular flexibility index (Phi) is 6.08. The van der Waals surface area contributed by atoms with Crippen molar-refractivity contribution in [1.82, 2.24) is 9.97 Å². The van der Waals surface area contributed by atoms with Gasteiger partial charge in [0.05, 0.1) is 11.2 Å². The minimum atomic E-state index is 0.154. The third kappa shape index (κ3) is 4.22. The molecule has 0 bridgehead atoms. The summed E-state index contributed by atoms with van der Waals surface area (Å²) in [7, 11) is 0. The molecule has 0 unspecified atom stereocenters. The van der Waals surface area contributed by atoms with E-state index < -0.39 is 0 Å². The topological polar surface area (TPSA) is 25.8 Å². The molecule has 0 aliphatic heterocycles. The van der Waals surface area contributed by atoms with Crippen molar-refractivity contribution in [2.75, 3.05) is 0 Å². The molecule has 0 fully saturated rings. The van der Waals surface area contributed by atoms with Crippen molar-refractivity contribution >= 4 is 21.7 Å². The van der Waals surface area contributed by atoms with Crippen LogP contribution in [0.15, 0.2) is 73.1 Å². The maximum atomic E-state index is 4.55. The van der Waals surface area contributed by atoms with Gasteiger partial charge in [-0.3, -0.25) is 9.97 Å². The second-order valence-corrected chi connectivity index (χ2v) is 8.19. The molecule has 0 aliphatic rings. The van der Waals surface area contributed by atoms with Crippen LogP contribution in [-0.4, -0.2) is 9.97 Å². The predicted octanol–water partition coefficient (Wildman–Crippen LogP) is 7.28. The van der Waals surface area contributed by atoms with Gasteiger partial charge in [0, 0.05) is 28.6 Å². The summed E-state index contributed by atoms with van der Waals surface area (Å²) in [5.74, 6) is 0.563. The lowest BCUT2D eigenvalue weighted by molar-refractivity contribution is 0.495. The minimum Gasteiger partial charge on any atom is -0.260 e. The van der Waals surface area contributed by atoms with Gasteiger partial charge < -0.3 is 0 Å². The first-order chi connectivity index (χ1) is 13.4. The molecule has 0 atom stereocenters. The number of hydrogen-bond donors (Lipinski definition) is 0. The van der Waals surface area contributed by atoms with Gasteiger partial charge in [-0.05, 0) is 41.5 Å². The zero-order valence-electron chi connectivity index (χ0n) is 17.6. The van der Waals surface area contributed by atoms with Gasteiger partial charge in [-0.1, -0.05) is 77.1 Å². The summed E-state index contributed by atoms with van der Waals surface area (Å²) in [5.41, 5.74) is 3.84. The van der Waals surface area contributed by atoms with Crippen LogP contribution < -0.4 is 0 Å². The SMILES string of the molecule is CC(C)c1cccc2ncccc12.CCC(C)(C)c1nccc2ccccc12. The Bertz CT molecular complexity index is 1050.